The number of nitrogen functional groups attached to an aromatic ring is 1. The Balaban J connectivity index is 2.13. The van der Waals surface area contributed by atoms with Crippen molar-refractivity contribution in [3.63, 3.8) is 0 Å². The van der Waals surface area contributed by atoms with Gasteiger partial charge in [-0.2, -0.15) is 0 Å². The standard InChI is InChI=1S/C13H14N4O/c14-10-4-1-3-9(7-10)8-17-13-11(12(15)18)5-2-6-16-13/h1-7H,8,14H2,(H2,15,18)(H,16,17). The molecule has 92 valence electrons. The zero-order chi connectivity index (χ0) is 13.0. The average molecular weight is 242 g/mol. The molecule has 0 fully saturated rings. The highest BCUT2D eigenvalue weighted by molar-refractivity contribution is 5.97. The number of nitrogens with two attached hydrogens (primary N) is 2. The fourth-order valence-electron chi connectivity index (χ4n) is 1.63. The highest BCUT2D eigenvalue weighted by atomic mass is 16.1. The first kappa shape index (κ1) is 11.9. The van der Waals surface area contributed by atoms with Gasteiger partial charge in [0.2, 0.25) is 0 Å². The van der Waals surface area contributed by atoms with Crippen molar-refractivity contribution in [3.8, 4) is 0 Å². The van der Waals surface area contributed by atoms with Crippen LogP contribution in [0.1, 0.15) is 15.9 Å². The van der Waals surface area contributed by atoms with Gasteiger partial charge in [-0.1, -0.05) is 12.1 Å². The molecule has 1 amide bonds. The fourth-order valence-corrected chi connectivity index (χ4v) is 1.63. The second-order valence-corrected chi connectivity index (χ2v) is 3.86. The molecule has 5 heteroatoms. The SMILES string of the molecule is NC(=O)c1cccnc1NCc1cccc(N)c1. The molecular formula is C13H14N4O. The third-order valence-corrected chi connectivity index (χ3v) is 2.48. The largest absolute Gasteiger partial charge is 0.399 e. The van der Waals surface area contributed by atoms with Crippen molar-refractivity contribution in [2.45, 2.75) is 6.54 Å². The molecule has 1 heterocycles. The molecule has 2 aromatic rings. The predicted octanol–water partition coefficient (Wildman–Crippen LogP) is 1.37. The van der Waals surface area contributed by atoms with E-state index in [-0.39, 0.29) is 0 Å². The summed E-state index contributed by atoms with van der Waals surface area (Å²) in [6, 6.07) is 10.8. The van der Waals surface area contributed by atoms with Crippen LogP contribution in [0.5, 0.6) is 0 Å². The van der Waals surface area contributed by atoms with Crippen LogP contribution < -0.4 is 16.8 Å². The Morgan fingerprint density at radius 1 is 1.28 bits per heavy atom. The summed E-state index contributed by atoms with van der Waals surface area (Å²) in [5.41, 5.74) is 13.0. The quantitative estimate of drug-likeness (QED) is 0.706. The highest BCUT2D eigenvalue weighted by Crippen LogP contribution is 2.13. The van der Waals surface area contributed by atoms with Gasteiger partial charge in [-0.25, -0.2) is 4.98 Å². The molecule has 5 N–H and O–H groups in total. The summed E-state index contributed by atoms with van der Waals surface area (Å²) in [6.45, 7) is 0.530. The average Bonchev–Trinajstić information content (AvgIpc) is 2.37. The molecule has 1 aromatic heterocycles. The molecule has 0 atom stereocenters. The molecule has 0 aliphatic carbocycles. The maximum Gasteiger partial charge on any atom is 0.252 e. The van der Waals surface area contributed by atoms with Gasteiger partial charge in [0.1, 0.15) is 5.82 Å². The first-order chi connectivity index (χ1) is 8.66. The van der Waals surface area contributed by atoms with Crippen molar-refractivity contribution in [2.75, 3.05) is 11.1 Å². The van der Waals surface area contributed by atoms with Crippen molar-refractivity contribution >= 4 is 17.4 Å². The summed E-state index contributed by atoms with van der Waals surface area (Å²) in [6.07, 6.45) is 1.61. The van der Waals surface area contributed by atoms with Gasteiger partial charge in [0, 0.05) is 18.4 Å². The lowest BCUT2D eigenvalue weighted by Gasteiger charge is -2.09. The van der Waals surface area contributed by atoms with Crippen molar-refractivity contribution in [2.24, 2.45) is 5.73 Å². The maximum absolute atomic E-state index is 11.2. The number of carbonyl (C=O) groups is 1. The fraction of sp³-hybridized carbons (Fsp3) is 0.0769. The number of hydrogen-bond acceptors (Lipinski definition) is 4. The van der Waals surface area contributed by atoms with Crippen molar-refractivity contribution in [3.05, 3.63) is 53.7 Å². The van der Waals surface area contributed by atoms with Crippen LogP contribution in [0.3, 0.4) is 0 Å². The molecule has 0 aliphatic rings. The molecule has 0 saturated heterocycles. The maximum atomic E-state index is 11.2. The molecule has 0 unspecified atom stereocenters. The van der Waals surface area contributed by atoms with Crippen LogP contribution in [-0.4, -0.2) is 10.9 Å². The first-order valence-electron chi connectivity index (χ1n) is 5.50. The lowest BCUT2D eigenvalue weighted by atomic mass is 10.2. The van der Waals surface area contributed by atoms with Crippen LogP contribution in [-0.2, 0) is 6.54 Å². The van der Waals surface area contributed by atoms with Crippen molar-refractivity contribution in [1.29, 1.82) is 0 Å². The number of nitrogens with one attached hydrogen (secondary N) is 1. The number of rotatable bonds is 4. The second-order valence-electron chi connectivity index (χ2n) is 3.86. The Morgan fingerprint density at radius 2 is 2.11 bits per heavy atom. The zero-order valence-electron chi connectivity index (χ0n) is 9.76. The Bertz CT molecular complexity index is 568. The molecule has 0 spiro atoms. The number of amides is 1. The van der Waals surface area contributed by atoms with Crippen molar-refractivity contribution < 1.29 is 4.79 Å². The summed E-state index contributed by atoms with van der Waals surface area (Å²) in [5, 5.41) is 3.07. The zero-order valence-corrected chi connectivity index (χ0v) is 9.76. The normalized spacial score (nSPS) is 10.0. The van der Waals surface area contributed by atoms with Crippen LogP contribution in [0, 0.1) is 0 Å². The van der Waals surface area contributed by atoms with Crippen molar-refractivity contribution in [1.82, 2.24) is 4.98 Å². The van der Waals surface area contributed by atoms with Crippen LogP contribution in [0.2, 0.25) is 0 Å². The van der Waals surface area contributed by atoms with Crippen LogP contribution in [0.15, 0.2) is 42.6 Å². The van der Waals surface area contributed by atoms with E-state index in [1.54, 1.807) is 18.3 Å². The second kappa shape index (κ2) is 5.18. The Kier molecular flexibility index (Phi) is 3.43. The monoisotopic (exact) mass is 242 g/mol. The number of pyridine rings is 1. The number of benzene rings is 1. The molecule has 0 radical (unpaired) electrons. The van der Waals surface area contributed by atoms with Gasteiger partial charge in [0.05, 0.1) is 5.56 Å². The summed E-state index contributed by atoms with van der Waals surface area (Å²) >= 11 is 0. The Morgan fingerprint density at radius 3 is 2.83 bits per heavy atom. The van der Waals surface area contributed by atoms with Crippen LogP contribution in [0.25, 0.3) is 0 Å². The smallest absolute Gasteiger partial charge is 0.252 e. The molecule has 1 aromatic carbocycles. The minimum absolute atomic E-state index is 0.376. The molecule has 0 bridgehead atoms. The first-order valence-corrected chi connectivity index (χ1v) is 5.50. The van der Waals surface area contributed by atoms with E-state index >= 15 is 0 Å². The van der Waals surface area contributed by atoms with E-state index in [0.717, 1.165) is 5.56 Å². The van der Waals surface area contributed by atoms with E-state index in [0.29, 0.717) is 23.6 Å². The number of aromatic nitrogens is 1. The van der Waals surface area contributed by atoms with E-state index in [1.165, 1.54) is 0 Å². The highest BCUT2D eigenvalue weighted by Gasteiger charge is 2.07. The minimum Gasteiger partial charge on any atom is -0.399 e. The lowest BCUT2D eigenvalue weighted by Crippen LogP contribution is -2.15. The van der Waals surface area contributed by atoms with E-state index in [1.807, 2.05) is 24.3 Å². The molecular weight excluding hydrogens is 228 g/mol. The number of carbonyl (C=O) groups excluding carboxylic acids is 1. The van der Waals surface area contributed by atoms with Gasteiger partial charge >= 0.3 is 0 Å². The lowest BCUT2D eigenvalue weighted by molar-refractivity contribution is 0.100. The number of nitrogens with zero attached hydrogens (tertiary/aromatic N) is 1. The third-order valence-electron chi connectivity index (χ3n) is 2.48. The van der Waals surface area contributed by atoms with E-state index < -0.39 is 5.91 Å². The van der Waals surface area contributed by atoms with Gasteiger partial charge in [0.25, 0.3) is 5.91 Å². The Hall–Kier alpha value is -2.56. The Labute approximate surface area is 105 Å². The van der Waals surface area contributed by atoms with Gasteiger partial charge in [-0.15, -0.1) is 0 Å². The van der Waals surface area contributed by atoms with Gasteiger partial charge in [-0.05, 0) is 29.8 Å². The molecule has 2 rings (SSSR count). The molecule has 5 nitrogen and oxygen atoms in total. The summed E-state index contributed by atoms with van der Waals surface area (Å²) in [5.74, 6) is -0.0226. The summed E-state index contributed by atoms with van der Waals surface area (Å²) < 4.78 is 0. The minimum atomic E-state index is -0.502. The third kappa shape index (κ3) is 2.76. The van der Waals surface area contributed by atoms with E-state index in [2.05, 4.69) is 10.3 Å². The van der Waals surface area contributed by atoms with E-state index in [9.17, 15) is 4.79 Å². The predicted molar refractivity (Wildman–Crippen MR) is 70.9 cm³/mol. The topological polar surface area (TPSA) is 94.0 Å². The summed E-state index contributed by atoms with van der Waals surface area (Å²) in [4.78, 5) is 15.3. The number of primary amides is 1. The summed E-state index contributed by atoms with van der Waals surface area (Å²) in [7, 11) is 0. The number of hydrogen-bond donors (Lipinski definition) is 3. The van der Waals surface area contributed by atoms with Crippen LogP contribution >= 0.6 is 0 Å². The number of anilines is 2. The van der Waals surface area contributed by atoms with Gasteiger partial charge in [0.15, 0.2) is 0 Å². The van der Waals surface area contributed by atoms with Crippen LogP contribution in [0.4, 0.5) is 11.5 Å². The molecule has 0 saturated carbocycles. The van der Waals surface area contributed by atoms with Gasteiger partial charge < -0.3 is 16.8 Å². The van der Waals surface area contributed by atoms with E-state index in [4.69, 9.17) is 11.5 Å². The van der Waals surface area contributed by atoms with Gasteiger partial charge in [-0.3, -0.25) is 4.79 Å². The molecule has 0 aliphatic heterocycles. The molecule has 18 heavy (non-hydrogen) atoms.